The first-order chi connectivity index (χ1) is 9.76. The van der Waals surface area contributed by atoms with Crippen LogP contribution in [-0.2, 0) is 13.0 Å². The van der Waals surface area contributed by atoms with Crippen LogP contribution in [0, 0.1) is 5.92 Å². The fourth-order valence-corrected chi connectivity index (χ4v) is 2.96. The second kappa shape index (κ2) is 5.53. The van der Waals surface area contributed by atoms with E-state index in [-0.39, 0.29) is 0 Å². The highest BCUT2D eigenvalue weighted by molar-refractivity contribution is 5.56. The zero-order valence-corrected chi connectivity index (χ0v) is 12.1. The molecule has 20 heavy (non-hydrogen) atoms. The number of para-hydroxylation sites is 1. The van der Waals surface area contributed by atoms with Gasteiger partial charge in [0.25, 0.3) is 0 Å². The lowest BCUT2D eigenvalue weighted by Gasteiger charge is -2.34. The van der Waals surface area contributed by atoms with Gasteiger partial charge in [-0.3, -0.25) is 0 Å². The minimum Gasteiger partial charge on any atom is -0.373 e. The van der Waals surface area contributed by atoms with Crippen molar-refractivity contribution in [3.63, 3.8) is 0 Å². The van der Waals surface area contributed by atoms with E-state index >= 15 is 0 Å². The third kappa shape index (κ3) is 2.62. The second-order valence-electron chi connectivity index (χ2n) is 5.58. The number of pyridine rings is 1. The van der Waals surface area contributed by atoms with E-state index in [4.69, 9.17) is 0 Å². The van der Waals surface area contributed by atoms with Crippen molar-refractivity contribution in [1.29, 1.82) is 0 Å². The van der Waals surface area contributed by atoms with Crippen LogP contribution < -0.4 is 10.2 Å². The average molecular weight is 267 g/mol. The molecule has 1 aromatic carbocycles. The van der Waals surface area contributed by atoms with Gasteiger partial charge in [-0.2, -0.15) is 0 Å². The molecule has 0 radical (unpaired) electrons. The Balaban J connectivity index is 1.87. The predicted octanol–water partition coefficient (Wildman–Crippen LogP) is 3.32. The van der Waals surface area contributed by atoms with Crippen LogP contribution in [0.15, 0.2) is 42.5 Å². The Morgan fingerprint density at radius 1 is 1.20 bits per heavy atom. The van der Waals surface area contributed by atoms with Crippen molar-refractivity contribution >= 4 is 11.5 Å². The Morgan fingerprint density at radius 2 is 2.05 bits per heavy atom. The van der Waals surface area contributed by atoms with Gasteiger partial charge >= 0.3 is 0 Å². The number of aromatic nitrogens is 1. The maximum absolute atomic E-state index is 4.63. The van der Waals surface area contributed by atoms with Crippen LogP contribution in [0.25, 0.3) is 0 Å². The lowest BCUT2D eigenvalue weighted by Crippen LogP contribution is -2.34. The minimum absolute atomic E-state index is 0.692. The Bertz CT molecular complexity index is 594. The van der Waals surface area contributed by atoms with Crippen molar-refractivity contribution < 1.29 is 0 Å². The summed E-state index contributed by atoms with van der Waals surface area (Å²) in [5, 5.41) is 3.10. The molecule has 3 nitrogen and oxygen atoms in total. The minimum atomic E-state index is 0.692. The molecule has 0 saturated carbocycles. The molecule has 2 aromatic rings. The number of fused-ring (bicyclic) bond motifs is 1. The first-order valence-electron chi connectivity index (χ1n) is 7.23. The Morgan fingerprint density at radius 3 is 2.90 bits per heavy atom. The molecular formula is C17H21N3. The van der Waals surface area contributed by atoms with Crippen molar-refractivity contribution in [3.05, 3.63) is 53.7 Å². The van der Waals surface area contributed by atoms with Crippen LogP contribution in [0.1, 0.15) is 18.2 Å². The molecule has 0 aliphatic carbocycles. The normalized spacial score (nSPS) is 17.7. The Kier molecular flexibility index (Phi) is 3.59. The largest absolute Gasteiger partial charge is 0.373 e. The molecular weight excluding hydrogens is 246 g/mol. The zero-order valence-electron chi connectivity index (χ0n) is 12.1. The molecule has 0 fully saturated rings. The fraction of sp³-hybridized carbons (Fsp3) is 0.353. The van der Waals surface area contributed by atoms with Gasteiger partial charge in [0.1, 0.15) is 5.82 Å². The van der Waals surface area contributed by atoms with Crippen molar-refractivity contribution in [2.45, 2.75) is 19.9 Å². The Labute approximate surface area is 120 Å². The zero-order chi connectivity index (χ0) is 13.9. The van der Waals surface area contributed by atoms with Crippen LogP contribution in [0.2, 0.25) is 0 Å². The number of rotatable bonds is 3. The summed E-state index contributed by atoms with van der Waals surface area (Å²) in [4.78, 5) is 7.08. The quantitative estimate of drug-likeness (QED) is 0.924. The lowest BCUT2D eigenvalue weighted by atomic mass is 9.94. The molecule has 1 atom stereocenters. The van der Waals surface area contributed by atoms with E-state index in [0.717, 1.165) is 24.6 Å². The molecule has 0 bridgehead atoms. The maximum Gasteiger partial charge on any atom is 0.126 e. The molecule has 3 heteroatoms. The summed E-state index contributed by atoms with van der Waals surface area (Å²) in [5.74, 6) is 1.62. The maximum atomic E-state index is 4.63. The molecule has 1 aliphatic rings. The number of benzene rings is 1. The van der Waals surface area contributed by atoms with E-state index in [9.17, 15) is 0 Å². The number of anilines is 2. The number of nitrogens with one attached hydrogen (secondary N) is 1. The molecule has 1 aromatic heterocycles. The SMILES string of the molecule is CNc1cccc(CN2CC(C)Cc3ccccc32)n1. The summed E-state index contributed by atoms with van der Waals surface area (Å²) >= 11 is 0. The van der Waals surface area contributed by atoms with Gasteiger partial charge in [0, 0.05) is 19.3 Å². The summed E-state index contributed by atoms with van der Waals surface area (Å²) in [5.41, 5.74) is 3.93. The van der Waals surface area contributed by atoms with Crippen LogP contribution in [-0.4, -0.2) is 18.6 Å². The van der Waals surface area contributed by atoms with Crippen molar-refractivity contribution in [2.75, 3.05) is 23.8 Å². The van der Waals surface area contributed by atoms with Gasteiger partial charge in [-0.05, 0) is 36.1 Å². The van der Waals surface area contributed by atoms with E-state index in [0.29, 0.717) is 5.92 Å². The van der Waals surface area contributed by atoms with Crippen molar-refractivity contribution in [2.24, 2.45) is 5.92 Å². The highest BCUT2D eigenvalue weighted by Gasteiger charge is 2.21. The third-order valence-corrected chi connectivity index (χ3v) is 3.85. The summed E-state index contributed by atoms with van der Waals surface area (Å²) < 4.78 is 0. The fourth-order valence-electron chi connectivity index (χ4n) is 2.96. The van der Waals surface area contributed by atoms with Gasteiger partial charge in [-0.25, -0.2) is 4.98 Å². The molecule has 2 heterocycles. The molecule has 104 valence electrons. The first kappa shape index (κ1) is 13.0. The van der Waals surface area contributed by atoms with Crippen LogP contribution >= 0.6 is 0 Å². The molecule has 1 aliphatic heterocycles. The smallest absolute Gasteiger partial charge is 0.126 e. The monoisotopic (exact) mass is 267 g/mol. The molecule has 1 N–H and O–H groups in total. The summed E-state index contributed by atoms with van der Waals surface area (Å²) in [6.45, 7) is 4.29. The number of hydrogen-bond donors (Lipinski definition) is 1. The average Bonchev–Trinajstić information content (AvgIpc) is 2.47. The predicted molar refractivity (Wildman–Crippen MR) is 84.1 cm³/mol. The summed E-state index contributed by atoms with van der Waals surface area (Å²) in [6.07, 6.45) is 1.18. The second-order valence-corrected chi connectivity index (χ2v) is 5.58. The lowest BCUT2D eigenvalue weighted by molar-refractivity contribution is 0.528. The van der Waals surface area contributed by atoms with Crippen molar-refractivity contribution in [3.8, 4) is 0 Å². The van der Waals surface area contributed by atoms with Gasteiger partial charge in [0.15, 0.2) is 0 Å². The highest BCUT2D eigenvalue weighted by Crippen LogP contribution is 2.30. The molecule has 0 spiro atoms. The van der Waals surface area contributed by atoms with E-state index in [2.05, 4.69) is 58.5 Å². The number of nitrogens with zero attached hydrogens (tertiary/aromatic N) is 2. The molecule has 3 rings (SSSR count). The topological polar surface area (TPSA) is 28.2 Å². The van der Waals surface area contributed by atoms with E-state index < -0.39 is 0 Å². The molecule has 0 saturated heterocycles. The summed E-state index contributed by atoms with van der Waals surface area (Å²) in [7, 11) is 1.91. The van der Waals surface area contributed by atoms with Gasteiger partial charge in [0.05, 0.1) is 12.2 Å². The van der Waals surface area contributed by atoms with E-state index in [1.165, 1.54) is 17.7 Å². The van der Waals surface area contributed by atoms with Gasteiger partial charge in [0.2, 0.25) is 0 Å². The van der Waals surface area contributed by atoms with Gasteiger partial charge < -0.3 is 10.2 Å². The van der Waals surface area contributed by atoms with Gasteiger partial charge in [-0.1, -0.05) is 31.2 Å². The number of hydrogen-bond acceptors (Lipinski definition) is 3. The molecule has 1 unspecified atom stereocenters. The van der Waals surface area contributed by atoms with E-state index in [1.54, 1.807) is 0 Å². The third-order valence-electron chi connectivity index (χ3n) is 3.85. The first-order valence-corrected chi connectivity index (χ1v) is 7.23. The Hall–Kier alpha value is -2.03. The molecule has 0 amide bonds. The van der Waals surface area contributed by atoms with Crippen LogP contribution in [0.3, 0.4) is 0 Å². The summed E-state index contributed by atoms with van der Waals surface area (Å²) in [6, 6.07) is 14.9. The van der Waals surface area contributed by atoms with Gasteiger partial charge in [-0.15, -0.1) is 0 Å². The van der Waals surface area contributed by atoms with E-state index in [1.807, 2.05) is 13.1 Å². The standard InChI is InChI=1S/C17H21N3/c1-13-10-14-6-3-4-8-16(14)20(11-13)12-15-7-5-9-17(18-2)19-15/h3-9,13H,10-12H2,1-2H3,(H,18,19). The highest BCUT2D eigenvalue weighted by atomic mass is 15.1. The van der Waals surface area contributed by atoms with Crippen LogP contribution in [0.4, 0.5) is 11.5 Å². The van der Waals surface area contributed by atoms with Crippen LogP contribution in [0.5, 0.6) is 0 Å². The van der Waals surface area contributed by atoms with Crippen molar-refractivity contribution in [1.82, 2.24) is 4.98 Å².